The maximum atomic E-state index is 5.69. The third-order valence-electron chi connectivity index (χ3n) is 1.43. The Hall–Kier alpha value is -0.450. The zero-order valence-corrected chi connectivity index (χ0v) is 7.58. The van der Waals surface area contributed by atoms with E-state index in [1.54, 1.807) is 6.20 Å². The van der Waals surface area contributed by atoms with Crippen LogP contribution in [0.4, 0.5) is 0 Å². The molecule has 0 bridgehead atoms. The Balaban J connectivity index is 2.86. The number of hydrogen-bond donors (Lipinski definition) is 2. The molecule has 0 amide bonds. The number of halogens is 1. The van der Waals surface area contributed by atoms with Crippen LogP contribution in [0.25, 0.3) is 0 Å². The van der Waals surface area contributed by atoms with Gasteiger partial charge in [-0.05, 0) is 33.6 Å². The highest BCUT2D eigenvalue weighted by Crippen LogP contribution is 2.12. The second-order valence-electron chi connectivity index (χ2n) is 2.25. The molecule has 0 saturated heterocycles. The summed E-state index contributed by atoms with van der Waals surface area (Å²) >= 11 is 3.25. The molecule has 4 heteroatoms. The number of nitrogens with zero attached hydrogens (tertiary/aromatic N) is 1. The number of nitrogens with two attached hydrogens (primary N) is 2. The zero-order valence-electron chi connectivity index (χ0n) is 6.00. The molecule has 0 unspecified atom stereocenters. The van der Waals surface area contributed by atoms with Gasteiger partial charge in [-0.25, -0.2) is 4.98 Å². The minimum absolute atomic E-state index is 0.0886. The molecule has 1 aromatic rings. The van der Waals surface area contributed by atoms with E-state index in [1.807, 2.05) is 12.1 Å². The van der Waals surface area contributed by atoms with Gasteiger partial charge in [-0.1, -0.05) is 0 Å². The molecule has 0 saturated carbocycles. The highest BCUT2D eigenvalue weighted by molar-refractivity contribution is 9.10. The van der Waals surface area contributed by atoms with Gasteiger partial charge in [0.05, 0.1) is 0 Å². The van der Waals surface area contributed by atoms with Crippen molar-refractivity contribution in [2.24, 2.45) is 11.5 Å². The molecule has 0 radical (unpaired) electrons. The molecular formula is C7H10BrN3. The molecule has 3 nitrogen and oxygen atoms in total. The molecule has 1 aromatic heterocycles. The molecular weight excluding hydrogens is 206 g/mol. The lowest BCUT2D eigenvalue weighted by atomic mass is 10.1. The minimum Gasteiger partial charge on any atom is -0.329 e. The van der Waals surface area contributed by atoms with Gasteiger partial charge in [0.1, 0.15) is 4.60 Å². The first-order valence-electron chi connectivity index (χ1n) is 3.31. The second kappa shape index (κ2) is 3.80. The van der Waals surface area contributed by atoms with Crippen LogP contribution in [0.5, 0.6) is 0 Å². The average Bonchev–Trinajstić information content (AvgIpc) is 2.03. The summed E-state index contributed by atoms with van der Waals surface area (Å²) in [7, 11) is 0. The Morgan fingerprint density at radius 3 is 2.91 bits per heavy atom. The average molecular weight is 216 g/mol. The first kappa shape index (κ1) is 8.64. The van der Waals surface area contributed by atoms with Gasteiger partial charge in [0.2, 0.25) is 0 Å². The lowest BCUT2D eigenvalue weighted by Gasteiger charge is -2.07. The van der Waals surface area contributed by atoms with E-state index in [4.69, 9.17) is 11.5 Å². The molecule has 1 rings (SSSR count). The van der Waals surface area contributed by atoms with E-state index >= 15 is 0 Å². The van der Waals surface area contributed by atoms with Crippen LogP contribution in [-0.2, 0) is 0 Å². The van der Waals surface area contributed by atoms with Crippen LogP contribution in [0, 0.1) is 0 Å². The van der Waals surface area contributed by atoms with E-state index < -0.39 is 0 Å². The number of rotatable bonds is 2. The molecule has 11 heavy (non-hydrogen) atoms. The highest BCUT2D eigenvalue weighted by atomic mass is 79.9. The van der Waals surface area contributed by atoms with Gasteiger partial charge in [0.25, 0.3) is 0 Å². The van der Waals surface area contributed by atoms with Crippen molar-refractivity contribution in [1.29, 1.82) is 0 Å². The Labute approximate surface area is 73.9 Å². The molecule has 0 fully saturated rings. The van der Waals surface area contributed by atoms with Crippen LogP contribution in [0.15, 0.2) is 22.9 Å². The van der Waals surface area contributed by atoms with Crippen LogP contribution in [-0.4, -0.2) is 11.5 Å². The highest BCUT2D eigenvalue weighted by Gasteiger charge is 2.02. The van der Waals surface area contributed by atoms with Gasteiger partial charge < -0.3 is 11.5 Å². The SMILES string of the molecule is NC[C@@H](N)c1ccnc(Br)c1. The van der Waals surface area contributed by atoms with Crippen molar-refractivity contribution in [1.82, 2.24) is 4.98 Å². The molecule has 0 aromatic carbocycles. The fourth-order valence-electron chi connectivity index (χ4n) is 0.784. The third kappa shape index (κ3) is 2.25. The van der Waals surface area contributed by atoms with Gasteiger partial charge in [0.15, 0.2) is 0 Å². The summed E-state index contributed by atoms with van der Waals surface area (Å²) in [4.78, 5) is 3.98. The summed E-state index contributed by atoms with van der Waals surface area (Å²) in [6.07, 6.45) is 1.70. The number of pyridine rings is 1. The molecule has 0 aliphatic rings. The van der Waals surface area contributed by atoms with Crippen molar-refractivity contribution in [2.45, 2.75) is 6.04 Å². The van der Waals surface area contributed by atoms with Crippen molar-refractivity contribution >= 4 is 15.9 Å². The fourth-order valence-corrected chi connectivity index (χ4v) is 1.17. The topological polar surface area (TPSA) is 64.9 Å². The second-order valence-corrected chi connectivity index (χ2v) is 3.07. The molecule has 1 heterocycles. The van der Waals surface area contributed by atoms with Gasteiger partial charge in [-0.2, -0.15) is 0 Å². The zero-order chi connectivity index (χ0) is 8.27. The molecule has 0 spiro atoms. The third-order valence-corrected chi connectivity index (χ3v) is 1.87. The summed E-state index contributed by atoms with van der Waals surface area (Å²) in [5.74, 6) is 0. The summed E-state index contributed by atoms with van der Waals surface area (Å²) in [5, 5.41) is 0. The number of aromatic nitrogens is 1. The molecule has 4 N–H and O–H groups in total. The van der Waals surface area contributed by atoms with Crippen molar-refractivity contribution in [3.05, 3.63) is 28.5 Å². The maximum absolute atomic E-state index is 5.69. The Morgan fingerprint density at radius 1 is 1.64 bits per heavy atom. The van der Waals surface area contributed by atoms with Crippen molar-refractivity contribution in [3.63, 3.8) is 0 Å². The maximum Gasteiger partial charge on any atom is 0.106 e. The van der Waals surface area contributed by atoms with Crippen LogP contribution in [0.3, 0.4) is 0 Å². The Bertz CT molecular complexity index is 239. The van der Waals surface area contributed by atoms with E-state index in [9.17, 15) is 0 Å². The van der Waals surface area contributed by atoms with Crippen molar-refractivity contribution in [2.75, 3.05) is 6.54 Å². The van der Waals surface area contributed by atoms with Crippen molar-refractivity contribution in [3.8, 4) is 0 Å². The first-order valence-corrected chi connectivity index (χ1v) is 4.10. The number of hydrogen-bond acceptors (Lipinski definition) is 3. The van der Waals surface area contributed by atoms with Gasteiger partial charge in [-0.15, -0.1) is 0 Å². The fraction of sp³-hybridized carbons (Fsp3) is 0.286. The van der Waals surface area contributed by atoms with Gasteiger partial charge in [-0.3, -0.25) is 0 Å². The van der Waals surface area contributed by atoms with E-state index in [0.717, 1.165) is 10.2 Å². The minimum atomic E-state index is -0.0886. The van der Waals surface area contributed by atoms with Crippen molar-refractivity contribution < 1.29 is 0 Å². The first-order chi connectivity index (χ1) is 5.24. The van der Waals surface area contributed by atoms with Crippen LogP contribution < -0.4 is 11.5 Å². The predicted molar refractivity (Wildman–Crippen MR) is 47.9 cm³/mol. The van der Waals surface area contributed by atoms with Crippen LogP contribution in [0.1, 0.15) is 11.6 Å². The normalized spacial score (nSPS) is 13.0. The summed E-state index contributed by atoms with van der Waals surface area (Å²) in [6, 6.07) is 3.65. The summed E-state index contributed by atoms with van der Waals surface area (Å²) in [6.45, 7) is 0.455. The van der Waals surface area contributed by atoms with Crippen LogP contribution >= 0.6 is 15.9 Å². The Morgan fingerprint density at radius 2 is 2.36 bits per heavy atom. The van der Waals surface area contributed by atoms with Gasteiger partial charge in [0, 0.05) is 18.8 Å². The Kier molecular flexibility index (Phi) is 2.99. The van der Waals surface area contributed by atoms with E-state index in [1.165, 1.54) is 0 Å². The van der Waals surface area contributed by atoms with Crippen LogP contribution in [0.2, 0.25) is 0 Å². The largest absolute Gasteiger partial charge is 0.329 e. The quantitative estimate of drug-likeness (QED) is 0.718. The van der Waals surface area contributed by atoms with E-state index in [-0.39, 0.29) is 6.04 Å². The molecule has 0 aliphatic carbocycles. The molecule has 0 aliphatic heterocycles. The predicted octanol–water partition coefficient (Wildman–Crippen LogP) is 0.803. The summed E-state index contributed by atoms with van der Waals surface area (Å²) in [5.41, 5.74) is 12.1. The van der Waals surface area contributed by atoms with E-state index in [0.29, 0.717) is 6.54 Å². The summed E-state index contributed by atoms with van der Waals surface area (Å²) < 4.78 is 0.791. The van der Waals surface area contributed by atoms with E-state index in [2.05, 4.69) is 20.9 Å². The molecule has 60 valence electrons. The smallest absolute Gasteiger partial charge is 0.106 e. The lowest BCUT2D eigenvalue weighted by molar-refractivity contribution is 0.734. The standard InChI is InChI=1S/C7H10BrN3/c8-7-3-5(1-2-11-7)6(10)4-9/h1-3,6H,4,9-10H2/t6-/m1/s1. The van der Waals surface area contributed by atoms with Gasteiger partial charge >= 0.3 is 0 Å². The molecule has 1 atom stereocenters. The monoisotopic (exact) mass is 215 g/mol. The lowest BCUT2D eigenvalue weighted by Crippen LogP contribution is -2.20.